The number of nitrogens with zero attached hydrogens (tertiary/aromatic N) is 2. The second-order valence-electron chi connectivity index (χ2n) is 7.05. The fourth-order valence-electron chi connectivity index (χ4n) is 3.16. The van der Waals surface area contributed by atoms with E-state index in [1.807, 2.05) is 6.07 Å². The lowest BCUT2D eigenvalue weighted by molar-refractivity contribution is 0.101. The summed E-state index contributed by atoms with van der Waals surface area (Å²) in [4.78, 5) is 24.8. The van der Waals surface area contributed by atoms with Crippen LogP contribution in [0.1, 0.15) is 20.7 Å². The Morgan fingerprint density at radius 3 is 2.48 bits per heavy atom. The summed E-state index contributed by atoms with van der Waals surface area (Å²) in [6.45, 7) is 0.187. The first-order valence-electron chi connectivity index (χ1n) is 10.0. The maximum atomic E-state index is 12.5. The molecule has 1 aliphatic heterocycles. The molecular weight excluding hydrogens is 442 g/mol. The summed E-state index contributed by atoms with van der Waals surface area (Å²) in [5, 5.41) is 11.1. The van der Waals surface area contributed by atoms with E-state index in [2.05, 4.69) is 15.5 Å². The van der Waals surface area contributed by atoms with Crippen molar-refractivity contribution < 1.29 is 23.5 Å². The van der Waals surface area contributed by atoms with Crippen molar-refractivity contribution in [3.63, 3.8) is 0 Å². The molecule has 9 heteroatoms. The van der Waals surface area contributed by atoms with Gasteiger partial charge in [0.15, 0.2) is 17.3 Å². The Kier molecular flexibility index (Phi) is 5.77. The van der Waals surface area contributed by atoms with Crippen LogP contribution in [0.25, 0.3) is 11.5 Å². The fourth-order valence-corrected chi connectivity index (χ4v) is 3.81. The Morgan fingerprint density at radius 2 is 1.67 bits per heavy atom. The topological polar surface area (TPSA) is 104 Å². The minimum absolute atomic E-state index is 0.0937. The Hall–Kier alpha value is -4.11. The summed E-state index contributed by atoms with van der Waals surface area (Å²) in [5.41, 5.74) is 2.40. The van der Waals surface area contributed by atoms with Gasteiger partial charge in [0.25, 0.3) is 11.1 Å². The third-order valence-electron chi connectivity index (χ3n) is 4.85. The van der Waals surface area contributed by atoms with E-state index in [1.54, 1.807) is 66.7 Å². The summed E-state index contributed by atoms with van der Waals surface area (Å²) in [7, 11) is 0. The molecule has 164 valence electrons. The number of carbonyl (C=O) groups excluding carboxylic acids is 2. The first kappa shape index (κ1) is 20.8. The SMILES string of the molecule is O=C(CSc1nnc(-c2ccc3c(c2)OCO3)o1)c1ccc(NC(=O)c2ccccc2)cc1. The predicted octanol–water partition coefficient (Wildman–Crippen LogP) is 4.69. The summed E-state index contributed by atoms with van der Waals surface area (Å²) >= 11 is 1.16. The quantitative estimate of drug-likeness (QED) is 0.314. The number of ketones is 1. The molecule has 5 rings (SSSR count). The van der Waals surface area contributed by atoms with Gasteiger partial charge in [-0.25, -0.2) is 0 Å². The molecule has 1 amide bonds. The minimum Gasteiger partial charge on any atom is -0.454 e. The average molecular weight is 459 g/mol. The van der Waals surface area contributed by atoms with Crippen LogP contribution in [0.15, 0.2) is 82.4 Å². The van der Waals surface area contributed by atoms with E-state index in [9.17, 15) is 9.59 Å². The van der Waals surface area contributed by atoms with Crippen molar-refractivity contribution in [3.05, 3.63) is 83.9 Å². The van der Waals surface area contributed by atoms with Gasteiger partial charge < -0.3 is 19.2 Å². The smallest absolute Gasteiger partial charge is 0.277 e. The van der Waals surface area contributed by atoms with Crippen molar-refractivity contribution >= 4 is 29.1 Å². The van der Waals surface area contributed by atoms with Gasteiger partial charge >= 0.3 is 0 Å². The van der Waals surface area contributed by atoms with Crippen molar-refractivity contribution in [1.29, 1.82) is 0 Å². The highest BCUT2D eigenvalue weighted by molar-refractivity contribution is 7.99. The van der Waals surface area contributed by atoms with Crippen molar-refractivity contribution in [3.8, 4) is 23.0 Å². The second kappa shape index (κ2) is 9.17. The van der Waals surface area contributed by atoms with Gasteiger partial charge in [-0.1, -0.05) is 30.0 Å². The maximum absolute atomic E-state index is 12.5. The lowest BCUT2D eigenvalue weighted by atomic mass is 10.1. The maximum Gasteiger partial charge on any atom is 0.277 e. The molecular formula is C24H17N3O5S. The summed E-state index contributed by atoms with van der Waals surface area (Å²) in [6.07, 6.45) is 0. The van der Waals surface area contributed by atoms with Gasteiger partial charge in [-0.15, -0.1) is 10.2 Å². The largest absolute Gasteiger partial charge is 0.454 e. The Labute approximate surface area is 192 Å². The van der Waals surface area contributed by atoms with Crippen LogP contribution in [0.5, 0.6) is 11.5 Å². The van der Waals surface area contributed by atoms with Crippen LogP contribution in [0.4, 0.5) is 5.69 Å². The molecule has 0 fully saturated rings. The number of benzene rings is 3. The van der Waals surface area contributed by atoms with Gasteiger partial charge in [0.2, 0.25) is 12.7 Å². The van der Waals surface area contributed by atoms with E-state index in [-0.39, 0.29) is 24.2 Å². The van der Waals surface area contributed by atoms with Crippen LogP contribution < -0.4 is 14.8 Å². The molecule has 0 unspecified atom stereocenters. The van der Waals surface area contributed by atoms with Crippen molar-refractivity contribution in [2.24, 2.45) is 0 Å². The number of nitrogens with one attached hydrogen (secondary N) is 1. The van der Waals surface area contributed by atoms with Crippen LogP contribution in [-0.2, 0) is 0 Å². The summed E-state index contributed by atoms with van der Waals surface area (Å²) in [6, 6.07) is 21.0. The number of amides is 1. The predicted molar refractivity (Wildman–Crippen MR) is 122 cm³/mol. The van der Waals surface area contributed by atoms with Crippen molar-refractivity contribution in [2.45, 2.75) is 5.22 Å². The Morgan fingerprint density at radius 1 is 0.879 bits per heavy atom. The van der Waals surface area contributed by atoms with Crippen LogP contribution in [0.2, 0.25) is 0 Å². The van der Waals surface area contributed by atoms with Gasteiger partial charge in [0.1, 0.15) is 0 Å². The highest BCUT2D eigenvalue weighted by atomic mass is 32.2. The number of carbonyl (C=O) groups is 2. The fraction of sp³-hybridized carbons (Fsp3) is 0.0833. The molecule has 0 saturated carbocycles. The van der Waals surface area contributed by atoms with E-state index >= 15 is 0 Å². The third-order valence-corrected chi connectivity index (χ3v) is 5.67. The lowest BCUT2D eigenvalue weighted by Crippen LogP contribution is -2.11. The van der Waals surface area contributed by atoms with Crippen LogP contribution in [0.3, 0.4) is 0 Å². The molecule has 0 bridgehead atoms. The molecule has 3 aromatic carbocycles. The zero-order valence-electron chi connectivity index (χ0n) is 17.2. The second-order valence-corrected chi connectivity index (χ2v) is 7.98. The average Bonchev–Trinajstić information content (AvgIpc) is 3.52. The first-order chi connectivity index (χ1) is 16.2. The normalized spacial score (nSPS) is 11.9. The highest BCUT2D eigenvalue weighted by Gasteiger charge is 2.17. The zero-order chi connectivity index (χ0) is 22.6. The molecule has 0 saturated heterocycles. The molecule has 33 heavy (non-hydrogen) atoms. The molecule has 4 aromatic rings. The number of fused-ring (bicyclic) bond motifs is 1. The number of ether oxygens (including phenoxy) is 2. The molecule has 8 nitrogen and oxygen atoms in total. The van der Waals surface area contributed by atoms with Gasteiger partial charge in [0.05, 0.1) is 5.75 Å². The van der Waals surface area contributed by atoms with Crippen LogP contribution in [0, 0.1) is 0 Å². The number of hydrogen-bond donors (Lipinski definition) is 1. The standard InChI is InChI=1S/C24H17N3O5S/c28-19(15-6-9-18(10-7-15)25-22(29)16-4-2-1-3-5-16)13-33-24-27-26-23(32-24)17-8-11-20-21(12-17)31-14-30-20/h1-12H,13-14H2,(H,25,29). The molecule has 1 aliphatic rings. The monoisotopic (exact) mass is 459 g/mol. The molecule has 0 radical (unpaired) electrons. The Balaban J connectivity index is 1.17. The van der Waals surface area contributed by atoms with Crippen molar-refractivity contribution in [2.75, 3.05) is 17.9 Å². The molecule has 0 atom stereocenters. The van der Waals surface area contributed by atoms with E-state index in [4.69, 9.17) is 13.9 Å². The number of hydrogen-bond acceptors (Lipinski definition) is 8. The number of thioether (sulfide) groups is 1. The highest BCUT2D eigenvalue weighted by Crippen LogP contribution is 2.36. The van der Waals surface area contributed by atoms with Crippen molar-refractivity contribution in [1.82, 2.24) is 10.2 Å². The zero-order valence-corrected chi connectivity index (χ0v) is 18.0. The first-order valence-corrected chi connectivity index (χ1v) is 11.0. The number of anilines is 1. The van der Waals surface area contributed by atoms with Crippen LogP contribution >= 0.6 is 11.8 Å². The summed E-state index contributed by atoms with van der Waals surface area (Å²) in [5.74, 6) is 1.46. The van der Waals surface area contributed by atoms with E-state index in [0.29, 0.717) is 45.0 Å². The molecule has 2 heterocycles. The van der Waals surface area contributed by atoms with E-state index in [0.717, 1.165) is 11.8 Å². The van der Waals surface area contributed by atoms with Gasteiger partial charge in [-0.05, 0) is 54.6 Å². The molecule has 0 aliphatic carbocycles. The minimum atomic E-state index is -0.208. The van der Waals surface area contributed by atoms with E-state index in [1.165, 1.54) is 0 Å². The number of rotatable bonds is 7. The molecule has 1 aromatic heterocycles. The lowest BCUT2D eigenvalue weighted by Gasteiger charge is -2.06. The van der Waals surface area contributed by atoms with Gasteiger partial charge in [-0.3, -0.25) is 9.59 Å². The number of aromatic nitrogens is 2. The van der Waals surface area contributed by atoms with E-state index < -0.39 is 0 Å². The Bertz CT molecular complexity index is 1310. The van der Waals surface area contributed by atoms with Crippen LogP contribution in [-0.4, -0.2) is 34.4 Å². The number of Topliss-reactive ketones (excluding diaryl/α,β-unsaturated/α-hetero) is 1. The van der Waals surface area contributed by atoms with Gasteiger partial charge in [-0.2, -0.15) is 0 Å². The summed E-state index contributed by atoms with van der Waals surface area (Å²) < 4.78 is 16.3. The van der Waals surface area contributed by atoms with Gasteiger partial charge in [0, 0.05) is 22.4 Å². The molecule has 1 N–H and O–H groups in total. The molecule has 0 spiro atoms. The third kappa shape index (κ3) is 4.73.